The summed E-state index contributed by atoms with van der Waals surface area (Å²) in [5, 5.41) is 0.373. The molecule has 1 unspecified atom stereocenters. The monoisotopic (exact) mass is 458 g/mol. The van der Waals surface area contributed by atoms with E-state index >= 15 is 0 Å². The average molecular weight is 459 g/mol. The predicted molar refractivity (Wildman–Crippen MR) is 125 cm³/mol. The SMILES string of the molecule is COC(=O)c1c(C)c(C(=O)C(C)N(C(=O)c2ccccc2Cl)C2CCCCC2)c(C)n1C. The summed E-state index contributed by atoms with van der Waals surface area (Å²) in [5.41, 5.74) is 2.46. The van der Waals surface area contributed by atoms with Gasteiger partial charge in [-0.3, -0.25) is 9.59 Å². The summed E-state index contributed by atoms with van der Waals surface area (Å²) >= 11 is 6.34. The molecule has 172 valence electrons. The molecule has 1 aromatic heterocycles. The van der Waals surface area contributed by atoms with Gasteiger partial charge in [0.15, 0.2) is 5.78 Å². The maximum atomic E-state index is 13.8. The summed E-state index contributed by atoms with van der Waals surface area (Å²) in [6, 6.07) is 6.21. The number of methoxy groups -OCH3 is 1. The molecule has 2 aromatic rings. The summed E-state index contributed by atoms with van der Waals surface area (Å²) in [4.78, 5) is 41.4. The first-order chi connectivity index (χ1) is 15.2. The zero-order valence-electron chi connectivity index (χ0n) is 19.4. The largest absolute Gasteiger partial charge is 0.464 e. The standard InChI is InChI=1S/C25H31ClN2O4/c1-15-21(16(2)27(4)22(15)25(31)32-5)23(29)17(3)28(18-11-7-6-8-12-18)24(30)19-13-9-10-14-20(19)26/h9-10,13-14,17-18H,6-8,11-12H2,1-5H3. The van der Waals surface area contributed by atoms with Crippen molar-refractivity contribution < 1.29 is 19.1 Å². The molecule has 0 saturated heterocycles. The van der Waals surface area contributed by atoms with Gasteiger partial charge >= 0.3 is 5.97 Å². The van der Waals surface area contributed by atoms with Crippen molar-refractivity contribution in [1.82, 2.24) is 9.47 Å². The molecule has 1 aromatic carbocycles. The van der Waals surface area contributed by atoms with Crippen LogP contribution in [0.5, 0.6) is 0 Å². The quantitative estimate of drug-likeness (QED) is 0.444. The van der Waals surface area contributed by atoms with Gasteiger partial charge in [0.1, 0.15) is 5.69 Å². The smallest absolute Gasteiger partial charge is 0.354 e. The number of ether oxygens (including phenoxy) is 1. The van der Waals surface area contributed by atoms with Crippen molar-refractivity contribution in [3.63, 3.8) is 0 Å². The number of amides is 1. The van der Waals surface area contributed by atoms with Crippen molar-refractivity contribution in [2.75, 3.05) is 7.11 Å². The zero-order chi connectivity index (χ0) is 23.6. The molecule has 3 rings (SSSR count). The molecule has 1 aliphatic rings. The molecule has 1 amide bonds. The molecule has 0 aliphatic heterocycles. The van der Waals surface area contributed by atoms with Gasteiger partial charge in [-0.1, -0.05) is 43.0 Å². The van der Waals surface area contributed by atoms with E-state index in [1.807, 2.05) is 0 Å². The molecule has 1 heterocycles. The van der Waals surface area contributed by atoms with Crippen LogP contribution in [-0.2, 0) is 11.8 Å². The fourth-order valence-corrected chi connectivity index (χ4v) is 5.07. The number of hydrogen-bond donors (Lipinski definition) is 0. The van der Waals surface area contributed by atoms with Crippen LogP contribution >= 0.6 is 11.6 Å². The van der Waals surface area contributed by atoms with E-state index in [-0.39, 0.29) is 17.7 Å². The minimum absolute atomic E-state index is 0.0316. The first-order valence-corrected chi connectivity index (χ1v) is 11.4. The molecular weight excluding hydrogens is 428 g/mol. The number of aromatic nitrogens is 1. The van der Waals surface area contributed by atoms with E-state index in [2.05, 4.69) is 0 Å². The summed E-state index contributed by atoms with van der Waals surface area (Å²) in [5.74, 6) is -0.907. The highest BCUT2D eigenvalue weighted by Gasteiger charge is 2.37. The predicted octanol–water partition coefficient (Wildman–Crippen LogP) is 5.13. The first-order valence-electron chi connectivity index (χ1n) is 11.1. The lowest BCUT2D eigenvalue weighted by Gasteiger charge is -2.38. The van der Waals surface area contributed by atoms with E-state index < -0.39 is 12.0 Å². The minimum Gasteiger partial charge on any atom is -0.464 e. The molecule has 32 heavy (non-hydrogen) atoms. The number of benzene rings is 1. The van der Waals surface area contributed by atoms with Crippen molar-refractivity contribution in [3.8, 4) is 0 Å². The van der Waals surface area contributed by atoms with E-state index in [4.69, 9.17) is 16.3 Å². The molecule has 0 bridgehead atoms. The van der Waals surface area contributed by atoms with Gasteiger partial charge in [-0.05, 0) is 51.3 Å². The van der Waals surface area contributed by atoms with E-state index in [1.54, 1.807) is 61.6 Å². The lowest BCUT2D eigenvalue weighted by molar-refractivity contribution is 0.0486. The van der Waals surface area contributed by atoms with Gasteiger partial charge in [0.2, 0.25) is 0 Å². The van der Waals surface area contributed by atoms with Crippen molar-refractivity contribution in [3.05, 3.63) is 57.4 Å². The van der Waals surface area contributed by atoms with Crippen LogP contribution < -0.4 is 0 Å². The Balaban J connectivity index is 2.04. The highest BCUT2D eigenvalue weighted by molar-refractivity contribution is 6.33. The Bertz CT molecular complexity index is 1040. The number of rotatable bonds is 6. The number of carbonyl (C=O) groups excluding carboxylic acids is 3. The summed E-state index contributed by atoms with van der Waals surface area (Å²) < 4.78 is 6.59. The van der Waals surface area contributed by atoms with Crippen LogP contribution in [0.2, 0.25) is 5.02 Å². The van der Waals surface area contributed by atoms with E-state index in [0.717, 1.165) is 32.1 Å². The Labute approximate surface area is 194 Å². The van der Waals surface area contributed by atoms with Gasteiger partial charge in [0, 0.05) is 24.3 Å². The minimum atomic E-state index is -0.702. The second kappa shape index (κ2) is 9.90. The highest BCUT2D eigenvalue weighted by Crippen LogP contribution is 2.30. The van der Waals surface area contributed by atoms with Gasteiger partial charge in [-0.2, -0.15) is 0 Å². The Morgan fingerprint density at radius 1 is 1.12 bits per heavy atom. The van der Waals surface area contributed by atoms with E-state index in [1.165, 1.54) is 7.11 Å². The lowest BCUT2D eigenvalue weighted by Crippen LogP contribution is -2.50. The van der Waals surface area contributed by atoms with Crippen molar-refractivity contribution in [1.29, 1.82) is 0 Å². The van der Waals surface area contributed by atoms with Crippen LogP contribution in [0.3, 0.4) is 0 Å². The Kier molecular flexibility index (Phi) is 7.44. The third-order valence-electron chi connectivity index (χ3n) is 6.66. The fourth-order valence-electron chi connectivity index (χ4n) is 4.85. The summed E-state index contributed by atoms with van der Waals surface area (Å²) in [6.07, 6.45) is 4.88. The normalized spacial score (nSPS) is 15.3. The first kappa shape index (κ1) is 24.1. The third kappa shape index (κ3) is 4.33. The molecule has 6 nitrogen and oxygen atoms in total. The number of hydrogen-bond acceptors (Lipinski definition) is 4. The second-order valence-corrected chi connectivity index (χ2v) is 8.92. The van der Waals surface area contributed by atoms with Gasteiger partial charge < -0.3 is 14.2 Å². The van der Waals surface area contributed by atoms with E-state index in [0.29, 0.717) is 33.1 Å². The topological polar surface area (TPSA) is 68.6 Å². The van der Waals surface area contributed by atoms with E-state index in [9.17, 15) is 14.4 Å². The van der Waals surface area contributed by atoms with Crippen LogP contribution in [-0.4, -0.2) is 46.3 Å². The second-order valence-electron chi connectivity index (χ2n) is 8.51. The van der Waals surface area contributed by atoms with Gasteiger partial charge in [0.05, 0.1) is 23.7 Å². The van der Waals surface area contributed by atoms with Gasteiger partial charge in [0.25, 0.3) is 5.91 Å². The number of esters is 1. The lowest BCUT2D eigenvalue weighted by atomic mass is 9.90. The highest BCUT2D eigenvalue weighted by atomic mass is 35.5. The average Bonchev–Trinajstić information content (AvgIpc) is 3.01. The molecule has 1 atom stereocenters. The summed E-state index contributed by atoms with van der Waals surface area (Å²) in [7, 11) is 3.06. The van der Waals surface area contributed by atoms with Gasteiger partial charge in [-0.15, -0.1) is 0 Å². The maximum absolute atomic E-state index is 13.8. The molecule has 0 spiro atoms. The van der Waals surface area contributed by atoms with Gasteiger partial charge in [-0.25, -0.2) is 4.79 Å². The van der Waals surface area contributed by atoms with Crippen LogP contribution in [0.25, 0.3) is 0 Å². The number of carbonyl (C=O) groups is 3. The molecule has 0 N–H and O–H groups in total. The number of halogens is 1. The Morgan fingerprint density at radius 3 is 2.34 bits per heavy atom. The number of Topliss-reactive ketones (excluding diaryl/α,β-unsaturated/α-hetero) is 1. The molecule has 1 saturated carbocycles. The molecule has 7 heteroatoms. The van der Waals surface area contributed by atoms with Crippen LogP contribution in [0.1, 0.15) is 81.5 Å². The molecule has 0 radical (unpaired) electrons. The maximum Gasteiger partial charge on any atom is 0.354 e. The molecule has 1 fully saturated rings. The number of nitrogens with zero attached hydrogens (tertiary/aromatic N) is 2. The zero-order valence-corrected chi connectivity index (χ0v) is 20.2. The third-order valence-corrected chi connectivity index (χ3v) is 6.99. The van der Waals surface area contributed by atoms with Crippen molar-refractivity contribution in [2.24, 2.45) is 7.05 Å². The fraction of sp³-hybridized carbons (Fsp3) is 0.480. The number of ketones is 1. The Hall–Kier alpha value is -2.60. The van der Waals surface area contributed by atoms with Crippen LogP contribution in [0.4, 0.5) is 0 Å². The summed E-state index contributed by atoms with van der Waals surface area (Å²) in [6.45, 7) is 5.33. The Morgan fingerprint density at radius 2 is 1.75 bits per heavy atom. The molecular formula is C25H31ClN2O4. The van der Waals surface area contributed by atoms with Crippen LogP contribution in [0, 0.1) is 13.8 Å². The molecule has 1 aliphatic carbocycles. The van der Waals surface area contributed by atoms with Crippen LogP contribution in [0.15, 0.2) is 24.3 Å². The van der Waals surface area contributed by atoms with Crippen molar-refractivity contribution in [2.45, 2.75) is 65.0 Å². The van der Waals surface area contributed by atoms with Crippen molar-refractivity contribution >= 4 is 29.3 Å².